The number of carbonyl (C=O) groups is 1. The largest absolute Gasteiger partial charge is 0.459 e. The average Bonchev–Trinajstić information content (AvgIpc) is 2.84. The van der Waals surface area contributed by atoms with Gasteiger partial charge in [0, 0.05) is 18.5 Å². The van der Waals surface area contributed by atoms with Crippen molar-refractivity contribution in [3.63, 3.8) is 0 Å². The fourth-order valence-corrected chi connectivity index (χ4v) is 4.51. The molecule has 2 amide bonds. The van der Waals surface area contributed by atoms with E-state index in [-0.39, 0.29) is 36.5 Å². The van der Waals surface area contributed by atoms with Gasteiger partial charge in [-0.15, -0.1) is 0 Å². The fourth-order valence-electron chi connectivity index (χ4n) is 2.87. The summed E-state index contributed by atoms with van der Waals surface area (Å²) in [5.41, 5.74) is 0.784. The lowest BCUT2D eigenvalue weighted by molar-refractivity contribution is 0.194. The maximum atomic E-state index is 12.3. The predicted octanol–water partition coefficient (Wildman–Crippen LogP) is 2.01. The van der Waals surface area contributed by atoms with E-state index in [4.69, 9.17) is 4.42 Å². The molecule has 0 aliphatic carbocycles. The van der Waals surface area contributed by atoms with Crippen LogP contribution in [0.15, 0.2) is 34.7 Å². The van der Waals surface area contributed by atoms with Gasteiger partial charge >= 0.3 is 6.03 Å². The molecule has 2 aromatic rings. The van der Waals surface area contributed by atoms with Gasteiger partial charge < -0.3 is 14.6 Å². The van der Waals surface area contributed by atoms with E-state index in [2.05, 4.69) is 5.32 Å². The van der Waals surface area contributed by atoms with Crippen molar-refractivity contribution in [1.29, 1.82) is 0 Å². The van der Waals surface area contributed by atoms with Crippen molar-refractivity contribution in [2.45, 2.75) is 13.5 Å². The van der Waals surface area contributed by atoms with Gasteiger partial charge in [-0.1, -0.05) is 25.1 Å². The highest BCUT2D eigenvalue weighted by Gasteiger charge is 2.26. The third-order valence-electron chi connectivity index (χ3n) is 3.92. The second-order valence-corrected chi connectivity index (χ2v) is 8.30. The van der Waals surface area contributed by atoms with E-state index in [9.17, 15) is 13.2 Å². The van der Waals surface area contributed by atoms with Crippen LogP contribution < -0.4 is 5.32 Å². The maximum Gasteiger partial charge on any atom is 0.317 e. The molecule has 1 N–H and O–H groups in total. The van der Waals surface area contributed by atoms with Crippen molar-refractivity contribution in [1.82, 2.24) is 10.2 Å². The minimum atomic E-state index is -3.06. The third-order valence-corrected chi connectivity index (χ3v) is 5.80. The van der Waals surface area contributed by atoms with Gasteiger partial charge in [-0.05, 0) is 18.1 Å². The van der Waals surface area contributed by atoms with E-state index in [1.165, 1.54) is 0 Å². The van der Waals surface area contributed by atoms with Crippen molar-refractivity contribution in [2.75, 3.05) is 24.6 Å². The van der Waals surface area contributed by atoms with Gasteiger partial charge in [-0.3, -0.25) is 0 Å². The van der Waals surface area contributed by atoms with Crippen molar-refractivity contribution in [2.24, 2.45) is 5.92 Å². The minimum Gasteiger partial charge on any atom is -0.459 e. The number of hydrogen-bond donors (Lipinski definition) is 1. The molecular formula is C16H20N2O4S. The van der Waals surface area contributed by atoms with Crippen LogP contribution in [-0.2, 0) is 16.4 Å². The van der Waals surface area contributed by atoms with Crippen molar-refractivity contribution in [3.8, 4) is 0 Å². The monoisotopic (exact) mass is 336 g/mol. The summed E-state index contributed by atoms with van der Waals surface area (Å²) in [6.45, 7) is 2.82. The summed E-state index contributed by atoms with van der Waals surface area (Å²) in [5.74, 6) is 0.782. The molecule has 0 bridgehead atoms. The first-order valence-electron chi connectivity index (χ1n) is 7.63. The van der Waals surface area contributed by atoms with Crippen LogP contribution >= 0.6 is 0 Å². The standard InChI is InChI=1S/C16H20N2O4S/c1-12-10-18(6-7-23(20,21)11-12)16(19)17-9-14-8-13-4-2-3-5-15(13)22-14/h2-5,8,12H,6-7,9-11H2,1H3,(H,17,19)/t12-/m1/s1. The molecule has 1 aromatic carbocycles. The first kappa shape index (κ1) is 15.9. The van der Waals surface area contributed by atoms with E-state index in [0.29, 0.717) is 12.3 Å². The Kier molecular flexibility index (Phi) is 4.30. The molecule has 2 heterocycles. The van der Waals surface area contributed by atoms with Gasteiger partial charge in [0.1, 0.15) is 11.3 Å². The number of benzene rings is 1. The highest BCUT2D eigenvalue weighted by molar-refractivity contribution is 7.91. The number of furan rings is 1. The number of rotatable bonds is 2. The van der Waals surface area contributed by atoms with Gasteiger partial charge in [-0.25, -0.2) is 13.2 Å². The van der Waals surface area contributed by atoms with Gasteiger partial charge in [0.05, 0.1) is 18.1 Å². The summed E-state index contributed by atoms with van der Waals surface area (Å²) in [6.07, 6.45) is 0. The highest BCUT2D eigenvalue weighted by Crippen LogP contribution is 2.18. The topological polar surface area (TPSA) is 79.6 Å². The molecule has 1 aromatic heterocycles. The predicted molar refractivity (Wildman–Crippen MR) is 87.8 cm³/mol. The molecule has 1 aliphatic rings. The zero-order valence-electron chi connectivity index (χ0n) is 13.0. The van der Waals surface area contributed by atoms with Crippen LogP contribution in [0.5, 0.6) is 0 Å². The Morgan fingerprint density at radius 1 is 1.39 bits per heavy atom. The molecule has 1 aliphatic heterocycles. The summed E-state index contributed by atoms with van der Waals surface area (Å²) in [6, 6.07) is 9.29. The first-order chi connectivity index (χ1) is 10.9. The first-order valence-corrected chi connectivity index (χ1v) is 9.46. The van der Waals surface area contributed by atoms with Crippen LogP contribution in [0.25, 0.3) is 11.0 Å². The van der Waals surface area contributed by atoms with E-state index >= 15 is 0 Å². The number of hydrogen-bond acceptors (Lipinski definition) is 4. The zero-order valence-corrected chi connectivity index (χ0v) is 13.8. The minimum absolute atomic E-state index is 0.0232. The van der Waals surface area contributed by atoms with E-state index in [1.54, 1.807) is 4.90 Å². The molecule has 3 rings (SSSR count). The van der Waals surface area contributed by atoms with Crippen molar-refractivity contribution < 1.29 is 17.6 Å². The Bertz CT molecular complexity index is 779. The summed E-state index contributed by atoms with van der Waals surface area (Å²) in [7, 11) is -3.06. The third kappa shape index (κ3) is 3.85. The van der Waals surface area contributed by atoms with Crippen LogP contribution in [0.4, 0.5) is 4.79 Å². The Morgan fingerprint density at radius 2 is 2.17 bits per heavy atom. The molecular weight excluding hydrogens is 316 g/mol. The number of fused-ring (bicyclic) bond motifs is 1. The Balaban J connectivity index is 1.62. The van der Waals surface area contributed by atoms with E-state index in [1.807, 2.05) is 37.3 Å². The summed E-state index contributed by atoms with van der Waals surface area (Å²) in [5, 5.41) is 3.80. The molecule has 0 spiro atoms. The number of nitrogens with one attached hydrogen (secondary N) is 1. The SMILES string of the molecule is C[C@@H]1CN(C(=O)NCc2cc3ccccc3o2)CCS(=O)(=O)C1. The summed E-state index contributed by atoms with van der Waals surface area (Å²) < 4.78 is 29.2. The lowest BCUT2D eigenvalue weighted by Gasteiger charge is -2.22. The maximum absolute atomic E-state index is 12.3. The molecule has 7 heteroatoms. The molecule has 1 atom stereocenters. The molecule has 0 unspecified atom stereocenters. The normalized spacial score (nSPS) is 21.1. The van der Waals surface area contributed by atoms with Gasteiger partial charge in [-0.2, -0.15) is 0 Å². The number of para-hydroxylation sites is 1. The van der Waals surface area contributed by atoms with Crippen LogP contribution in [0.3, 0.4) is 0 Å². The molecule has 1 saturated heterocycles. The fraction of sp³-hybridized carbons (Fsp3) is 0.438. The molecule has 23 heavy (non-hydrogen) atoms. The molecule has 0 saturated carbocycles. The zero-order chi connectivity index (χ0) is 16.4. The van der Waals surface area contributed by atoms with Crippen LogP contribution in [0.1, 0.15) is 12.7 Å². The molecule has 0 radical (unpaired) electrons. The number of carbonyl (C=O) groups excluding carboxylic acids is 1. The Morgan fingerprint density at radius 3 is 2.96 bits per heavy atom. The second kappa shape index (κ2) is 6.23. The van der Waals surface area contributed by atoms with Crippen LogP contribution in [0, 0.1) is 5.92 Å². The number of sulfone groups is 1. The average molecular weight is 336 g/mol. The van der Waals surface area contributed by atoms with Gasteiger partial charge in [0.25, 0.3) is 0 Å². The van der Waals surface area contributed by atoms with Gasteiger partial charge in [0.2, 0.25) is 0 Å². The molecule has 1 fully saturated rings. The second-order valence-electron chi connectivity index (χ2n) is 6.07. The summed E-state index contributed by atoms with van der Waals surface area (Å²) in [4.78, 5) is 13.8. The molecule has 6 nitrogen and oxygen atoms in total. The summed E-state index contributed by atoms with van der Waals surface area (Å²) >= 11 is 0. The highest BCUT2D eigenvalue weighted by atomic mass is 32.2. The lowest BCUT2D eigenvalue weighted by Crippen LogP contribution is -2.42. The van der Waals surface area contributed by atoms with Gasteiger partial charge in [0.15, 0.2) is 9.84 Å². The quantitative estimate of drug-likeness (QED) is 0.910. The lowest BCUT2D eigenvalue weighted by atomic mass is 10.2. The Labute approximate surface area is 135 Å². The van der Waals surface area contributed by atoms with Crippen LogP contribution in [-0.4, -0.2) is 43.9 Å². The number of amides is 2. The number of nitrogens with zero attached hydrogens (tertiary/aromatic N) is 1. The van der Waals surface area contributed by atoms with Crippen molar-refractivity contribution >= 4 is 26.8 Å². The number of urea groups is 1. The molecule has 124 valence electrons. The smallest absolute Gasteiger partial charge is 0.317 e. The Hall–Kier alpha value is -2.02. The van der Waals surface area contributed by atoms with Crippen LogP contribution in [0.2, 0.25) is 0 Å². The van der Waals surface area contributed by atoms with Crippen molar-refractivity contribution in [3.05, 3.63) is 36.1 Å². The van der Waals surface area contributed by atoms with E-state index in [0.717, 1.165) is 11.0 Å². The van der Waals surface area contributed by atoms with E-state index < -0.39 is 9.84 Å².